The summed E-state index contributed by atoms with van der Waals surface area (Å²) in [4.78, 5) is 3.79. The van der Waals surface area contributed by atoms with Crippen molar-refractivity contribution in [2.24, 2.45) is 0 Å². The number of hydrogen-bond acceptors (Lipinski definition) is 6. The van der Waals surface area contributed by atoms with Crippen molar-refractivity contribution in [2.45, 2.75) is 4.90 Å². The van der Waals surface area contributed by atoms with E-state index in [-0.39, 0.29) is 10.0 Å². The lowest BCUT2D eigenvalue weighted by atomic mass is 10.3. The molecule has 2 aromatic heterocycles. The molecule has 0 saturated carbocycles. The zero-order chi connectivity index (χ0) is 14.2. The number of aromatic nitrogens is 3. The predicted molar refractivity (Wildman–Crippen MR) is 77.5 cm³/mol. The molecule has 102 valence electrons. The van der Waals surface area contributed by atoms with Crippen molar-refractivity contribution in [3.8, 4) is 0 Å². The Morgan fingerprint density at radius 1 is 1.20 bits per heavy atom. The molecule has 0 fully saturated rings. The zero-order valence-corrected chi connectivity index (χ0v) is 12.2. The van der Waals surface area contributed by atoms with Gasteiger partial charge in [0, 0.05) is 6.20 Å². The molecule has 0 amide bonds. The lowest BCUT2D eigenvalue weighted by molar-refractivity contribution is 0.601. The highest BCUT2D eigenvalue weighted by atomic mass is 35.5. The quantitative estimate of drug-likeness (QED) is 0.748. The first-order valence-electron chi connectivity index (χ1n) is 5.42. The van der Waals surface area contributed by atoms with Crippen LogP contribution in [0.2, 0.25) is 5.15 Å². The van der Waals surface area contributed by atoms with Crippen molar-refractivity contribution >= 4 is 50.1 Å². The Morgan fingerprint density at radius 2 is 2.05 bits per heavy atom. The Hall–Kier alpha value is -1.77. The van der Waals surface area contributed by atoms with E-state index in [1.165, 1.54) is 18.3 Å². The molecule has 6 nitrogen and oxygen atoms in total. The maximum atomic E-state index is 12.3. The Bertz CT molecular complexity index is 879. The van der Waals surface area contributed by atoms with E-state index in [1.54, 1.807) is 18.2 Å². The molecular weight excluding hydrogens is 320 g/mol. The molecule has 20 heavy (non-hydrogen) atoms. The fraction of sp³-hybridized carbons (Fsp3) is 0. The van der Waals surface area contributed by atoms with Crippen LogP contribution in [-0.2, 0) is 10.0 Å². The van der Waals surface area contributed by atoms with Crippen LogP contribution in [0.25, 0.3) is 11.0 Å². The van der Waals surface area contributed by atoms with Crippen molar-refractivity contribution in [3.05, 3.63) is 41.7 Å². The molecule has 0 bridgehead atoms. The first kappa shape index (κ1) is 13.2. The summed E-state index contributed by atoms with van der Waals surface area (Å²) >= 11 is 6.73. The normalized spacial score (nSPS) is 11.7. The molecule has 0 atom stereocenters. The fourth-order valence-corrected chi connectivity index (χ4v) is 3.51. The van der Waals surface area contributed by atoms with Crippen molar-refractivity contribution < 1.29 is 8.42 Å². The summed E-state index contributed by atoms with van der Waals surface area (Å²) in [5, 5.41) is 0.112. The highest BCUT2D eigenvalue weighted by Crippen LogP contribution is 2.24. The number of hydrogen-bond donors (Lipinski definition) is 1. The minimum atomic E-state index is -3.74. The van der Waals surface area contributed by atoms with Crippen molar-refractivity contribution in [1.29, 1.82) is 0 Å². The van der Waals surface area contributed by atoms with Gasteiger partial charge in [-0.2, -0.15) is 8.75 Å². The summed E-state index contributed by atoms with van der Waals surface area (Å²) in [6.45, 7) is 0. The number of nitrogens with zero attached hydrogens (tertiary/aromatic N) is 3. The van der Waals surface area contributed by atoms with Crippen LogP contribution in [-0.4, -0.2) is 22.1 Å². The molecule has 0 radical (unpaired) electrons. The number of anilines is 1. The van der Waals surface area contributed by atoms with Crippen LogP contribution in [0.4, 0.5) is 5.69 Å². The van der Waals surface area contributed by atoms with Gasteiger partial charge in [-0.1, -0.05) is 17.7 Å². The molecule has 3 rings (SSSR count). The van der Waals surface area contributed by atoms with Gasteiger partial charge in [0.15, 0.2) is 0 Å². The van der Waals surface area contributed by atoms with Crippen molar-refractivity contribution in [1.82, 2.24) is 13.7 Å². The van der Waals surface area contributed by atoms with E-state index in [0.717, 1.165) is 11.7 Å². The third-order valence-corrected chi connectivity index (χ3v) is 4.65. The fourth-order valence-electron chi connectivity index (χ4n) is 1.64. The van der Waals surface area contributed by atoms with E-state index in [1.807, 2.05) is 0 Å². The average Bonchev–Trinajstić information content (AvgIpc) is 2.88. The summed E-state index contributed by atoms with van der Waals surface area (Å²) < 4.78 is 35.2. The van der Waals surface area contributed by atoms with E-state index < -0.39 is 10.0 Å². The molecule has 2 heterocycles. The number of halogens is 1. The van der Waals surface area contributed by atoms with Crippen molar-refractivity contribution in [3.63, 3.8) is 0 Å². The maximum absolute atomic E-state index is 12.3. The second-order valence-electron chi connectivity index (χ2n) is 3.86. The Labute approximate surface area is 123 Å². The largest absolute Gasteiger partial charge is 0.277 e. The number of nitrogens with one attached hydrogen (secondary N) is 1. The van der Waals surface area contributed by atoms with Gasteiger partial charge in [-0.15, -0.1) is 0 Å². The van der Waals surface area contributed by atoms with Gasteiger partial charge in [0.2, 0.25) is 0 Å². The third kappa shape index (κ3) is 2.45. The van der Waals surface area contributed by atoms with Gasteiger partial charge in [0.05, 0.1) is 22.3 Å². The predicted octanol–water partition coefficient (Wildman–Crippen LogP) is 2.54. The van der Waals surface area contributed by atoms with Gasteiger partial charge in [-0.25, -0.2) is 13.4 Å². The van der Waals surface area contributed by atoms with E-state index in [4.69, 9.17) is 11.6 Å². The Kier molecular flexibility index (Phi) is 3.28. The highest BCUT2D eigenvalue weighted by molar-refractivity contribution is 7.92. The molecule has 0 aliphatic carbocycles. The topological polar surface area (TPSA) is 84.8 Å². The molecule has 1 N–H and O–H groups in total. The monoisotopic (exact) mass is 326 g/mol. The summed E-state index contributed by atoms with van der Waals surface area (Å²) in [5.41, 5.74) is 1.54. The Morgan fingerprint density at radius 3 is 2.85 bits per heavy atom. The number of rotatable bonds is 3. The zero-order valence-electron chi connectivity index (χ0n) is 9.82. The van der Waals surface area contributed by atoms with E-state index in [9.17, 15) is 8.42 Å². The standard InChI is InChI=1S/C11H7ClN4O2S2/c12-10-6-7(4-5-13-10)20(17,18)16-9-3-1-2-8-11(9)15-19-14-8/h1-6,16H. The van der Waals surface area contributed by atoms with Gasteiger partial charge in [-0.05, 0) is 24.3 Å². The molecule has 9 heteroatoms. The molecule has 0 aliphatic rings. The summed E-state index contributed by atoms with van der Waals surface area (Å²) in [6, 6.07) is 7.75. The molecule has 0 aliphatic heterocycles. The second-order valence-corrected chi connectivity index (χ2v) is 6.46. The maximum Gasteiger partial charge on any atom is 0.262 e. The summed E-state index contributed by atoms with van der Waals surface area (Å²) in [5.74, 6) is 0. The van der Waals surface area contributed by atoms with Crippen LogP contribution in [0.15, 0.2) is 41.4 Å². The number of benzene rings is 1. The van der Waals surface area contributed by atoms with E-state index >= 15 is 0 Å². The summed E-state index contributed by atoms with van der Waals surface area (Å²) in [7, 11) is -3.74. The highest BCUT2D eigenvalue weighted by Gasteiger charge is 2.17. The van der Waals surface area contributed by atoms with Crippen LogP contribution in [0, 0.1) is 0 Å². The van der Waals surface area contributed by atoms with Crippen LogP contribution < -0.4 is 4.72 Å². The first-order valence-corrected chi connectivity index (χ1v) is 8.01. The molecular formula is C11H7ClN4O2S2. The van der Waals surface area contributed by atoms with Gasteiger partial charge in [0.25, 0.3) is 10.0 Å². The van der Waals surface area contributed by atoms with Crippen LogP contribution in [0.1, 0.15) is 0 Å². The van der Waals surface area contributed by atoms with E-state index in [2.05, 4.69) is 18.5 Å². The number of sulfonamides is 1. The van der Waals surface area contributed by atoms with Gasteiger partial charge < -0.3 is 0 Å². The molecule has 0 unspecified atom stereocenters. The van der Waals surface area contributed by atoms with Gasteiger partial charge >= 0.3 is 0 Å². The third-order valence-electron chi connectivity index (χ3n) is 2.54. The van der Waals surface area contributed by atoms with Gasteiger partial charge in [-0.3, -0.25) is 4.72 Å². The smallest absolute Gasteiger partial charge is 0.262 e. The molecule has 0 spiro atoms. The average molecular weight is 327 g/mol. The number of pyridine rings is 1. The van der Waals surface area contributed by atoms with Crippen LogP contribution in [0.5, 0.6) is 0 Å². The SMILES string of the molecule is O=S(=O)(Nc1cccc2nsnc12)c1ccnc(Cl)c1. The minimum absolute atomic E-state index is 0.0395. The van der Waals surface area contributed by atoms with Gasteiger partial charge in [0.1, 0.15) is 16.2 Å². The molecule has 1 aromatic carbocycles. The molecule has 0 saturated heterocycles. The van der Waals surface area contributed by atoms with Crippen LogP contribution in [0.3, 0.4) is 0 Å². The lowest BCUT2D eigenvalue weighted by Gasteiger charge is -2.08. The van der Waals surface area contributed by atoms with Crippen LogP contribution >= 0.6 is 23.3 Å². The number of fused-ring (bicyclic) bond motifs is 1. The van der Waals surface area contributed by atoms with E-state index in [0.29, 0.717) is 16.7 Å². The van der Waals surface area contributed by atoms with Crippen molar-refractivity contribution in [2.75, 3.05) is 4.72 Å². The molecule has 3 aromatic rings. The Balaban J connectivity index is 2.04. The lowest BCUT2D eigenvalue weighted by Crippen LogP contribution is -2.13. The summed E-state index contributed by atoms with van der Waals surface area (Å²) in [6.07, 6.45) is 1.34. The second kappa shape index (κ2) is 4.97. The minimum Gasteiger partial charge on any atom is -0.277 e. The first-order chi connectivity index (χ1) is 9.56.